The Kier molecular flexibility index (Phi) is 5.10. The molecule has 0 aromatic carbocycles. The third-order valence-electron chi connectivity index (χ3n) is 2.94. The summed E-state index contributed by atoms with van der Waals surface area (Å²) in [5, 5.41) is 6.73. The maximum absolute atomic E-state index is 12.3. The number of nitrogens with zero attached hydrogens (tertiary/aromatic N) is 2. The van der Waals surface area contributed by atoms with E-state index in [2.05, 4.69) is 27.5 Å². The number of carbonyl (C=O) groups is 1. The number of amides is 1. The van der Waals surface area contributed by atoms with E-state index in [1.807, 2.05) is 19.1 Å². The van der Waals surface area contributed by atoms with Crippen molar-refractivity contribution in [1.82, 2.24) is 15.3 Å². The van der Waals surface area contributed by atoms with Gasteiger partial charge in [-0.2, -0.15) is 0 Å². The minimum atomic E-state index is -0.209. The number of nitrogens with one attached hydrogen (secondary N) is 2. The number of carbonyl (C=O) groups excluding carboxylic acids is 1. The van der Waals surface area contributed by atoms with E-state index in [9.17, 15) is 4.79 Å². The Balaban J connectivity index is 2.05. The van der Waals surface area contributed by atoms with E-state index in [0.717, 1.165) is 18.5 Å². The lowest BCUT2D eigenvalue weighted by atomic mass is 10.1. The van der Waals surface area contributed by atoms with E-state index in [1.165, 1.54) is 11.3 Å². The van der Waals surface area contributed by atoms with E-state index >= 15 is 0 Å². The van der Waals surface area contributed by atoms with Gasteiger partial charge in [-0.25, -0.2) is 4.98 Å². The molecule has 0 radical (unpaired) electrons. The zero-order chi connectivity index (χ0) is 15.2. The van der Waals surface area contributed by atoms with Crippen molar-refractivity contribution in [2.45, 2.75) is 26.3 Å². The van der Waals surface area contributed by atoms with Gasteiger partial charge in [-0.05, 0) is 31.0 Å². The van der Waals surface area contributed by atoms with Gasteiger partial charge < -0.3 is 16.4 Å². The van der Waals surface area contributed by atoms with E-state index in [4.69, 9.17) is 5.73 Å². The van der Waals surface area contributed by atoms with Crippen LogP contribution in [0, 0.1) is 0 Å². The summed E-state index contributed by atoms with van der Waals surface area (Å²) in [5.74, 6) is 0.0527. The van der Waals surface area contributed by atoms with Crippen molar-refractivity contribution in [3.8, 4) is 0 Å². The molecule has 2 heterocycles. The second-order valence-corrected chi connectivity index (χ2v) is 5.63. The van der Waals surface area contributed by atoms with E-state index in [1.54, 1.807) is 12.4 Å². The molecule has 2 rings (SSSR count). The molecule has 0 saturated carbocycles. The molecule has 0 bridgehead atoms. The van der Waals surface area contributed by atoms with Crippen molar-refractivity contribution < 1.29 is 4.79 Å². The number of aromatic nitrogens is 2. The first-order valence-electron chi connectivity index (χ1n) is 6.82. The Hall–Kier alpha value is -2.15. The molecule has 0 aliphatic carbocycles. The number of nitrogen functional groups attached to an aromatic ring is 1. The summed E-state index contributed by atoms with van der Waals surface area (Å²) in [6.07, 6.45) is 4.39. The van der Waals surface area contributed by atoms with Crippen LogP contribution in [0.25, 0.3) is 0 Å². The molecule has 0 aliphatic heterocycles. The van der Waals surface area contributed by atoms with Gasteiger partial charge in [0.1, 0.15) is 10.7 Å². The van der Waals surface area contributed by atoms with Crippen LogP contribution in [0.5, 0.6) is 0 Å². The first-order chi connectivity index (χ1) is 10.1. The molecule has 0 spiro atoms. The molecule has 21 heavy (non-hydrogen) atoms. The van der Waals surface area contributed by atoms with Gasteiger partial charge >= 0.3 is 0 Å². The molecule has 0 saturated heterocycles. The fourth-order valence-corrected chi connectivity index (χ4v) is 2.61. The number of nitrogens with two attached hydrogens (primary N) is 1. The molecule has 2 aromatic heterocycles. The number of thiazole rings is 1. The van der Waals surface area contributed by atoms with E-state index < -0.39 is 0 Å². The van der Waals surface area contributed by atoms with Gasteiger partial charge in [0.25, 0.3) is 5.91 Å². The summed E-state index contributed by atoms with van der Waals surface area (Å²) >= 11 is 1.27. The Morgan fingerprint density at radius 3 is 2.81 bits per heavy atom. The molecule has 1 unspecified atom stereocenters. The van der Waals surface area contributed by atoms with Gasteiger partial charge in [0.05, 0.1) is 6.04 Å². The molecule has 7 heteroatoms. The number of anilines is 2. The average molecular weight is 305 g/mol. The van der Waals surface area contributed by atoms with Crippen LogP contribution in [-0.4, -0.2) is 22.4 Å². The predicted molar refractivity (Wildman–Crippen MR) is 85.4 cm³/mol. The Morgan fingerprint density at radius 2 is 2.14 bits per heavy atom. The molecular formula is C14H19N5OS. The highest BCUT2D eigenvalue weighted by atomic mass is 32.1. The number of hydrogen-bond acceptors (Lipinski definition) is 6. The Morgan fingerprint density at radius 1 is 1.43 bits per heavy atom. The van der Waals surface area contributed by atoms with Crippen molar-refractivity contribution in [1.29, 1.82) is 0 Å². The van der Waals surface area contributed by atoms with Crippen LogP contribution in [0.15, 0.2) is 24.5 Å². The quantitative estimate of drug-likeness (QED) is 0.762. The molecule has 4 N–H and O–H groups in total. The number of pyridine rings is 1. The molecule has 112 valence electrons. The summed E-state index contributed by atoms with van der Waals surface area (Å²) in [7, 11) is 0. The Bertz CT molecular complexity index is 599. The smallest absolute Gasteiger partial charge is 0.265 e. The van der Waals surface area contributed by atoms with Crippen LogP contribution in [0.2, 0.25) is 0 Å². The third-order valence-corrected chi connectivity index (χ3v) is 3.97. The molecule has 6 nitrogen and oxygen atoms in total. The Labute approximate surface area is 127 Å². The summed E-state index contributed by atoms with van der Waals surface area (Å²) in [4.78, 5) is 20.8. The van der Waals surface area contributed by atoms with Crippen LogP contribution >= 0.6 is 11.3 Å². The average Bonchev–Trinajstić information content (AvgIpc) is 2.87. The van der Waals surface area contributed by atoms with Crippen LogP contribution in [0.1, 0.15) is 41.5 Å². The monoisotopic (exact) mass is 305 g/mol. The maximum Gasteiger partial charge on any atom is 0.265 e. The largest absolute Gasteiger partial charge is 0.382 e. The summed E-state index contributed by atoms with van der Waals surface area (Å²) in [6.45, 7) is 4.79. The first-order valence-corrected chi connectivity index (χ1v) is 7.64. The zero-order valence-corrected chi connectivity index (χ0v) is 12.9. The van der Waals surface area contributed by atoms with Crippen LogP contribution in [-0.2, 0) is 0 Å². The lowest BCUT2D eigenvalue weighted by molar-refractivity contribution is 0.0944. The van der Waals surface area contributed by atoms with E-state index in [0.29, 0.717) is 10.0 Å². The minimum Gasteiger partial charge on any atom is -0.382 e. The number of hydrogen-bond donors (Lipinski definition) is 3. The van der Waals surface area contributed by atoms with Crippen molar-refractivity contribution in [2.24, 2.45) is 0 Å². The lowest BCUT2D eigenvalue weighted by Gasteiger charge is -2.13. The second-order valence-electron chi connectivity index (χ2n) is 4.64. The third kappa shape index (κ3) is 3.91. The molecule has 0 fully saturated rings. The van der Waals surface area contributed by atoms with Gasteiger partial charge in [0.15, 0.2) is 5.13 Å². The van der Waals surface area contributed by atoms with Gasteiger partial charge in [-0.15, -0.1) is 0 Å². The minimum absolute atomic E-state index is 0.117. The summed E-state index contributed by atoms with van der Waals surface area (Å²) < 4.78 is 0. The molecule has 1 atom stereocenters. The summed E-state index contributed by atoms with van der Waals surface area (Å²) in [5.41, 5.74) is 6.81. The molecule has 1 amide bonds. The second kappa shape index (κ2) is 7.03. The fourth-order valence-electron chi connectivity index (χ4n) is 1.80. The van der Waals surface area contributed by atoms with E-state index in [-0.39, 0.29) is 17.8 Å². The summed E-state index contributed by atoms with van der Waals surface area (Å²) in [6, 6.07) is 3.62. The van der Waals surface area contributed by atoms with Crippen LogP contribution in [0.4, 0.5) is 10.9 Å². The molecule has 0 aliphatic rings. The maximum atomic E-state index is 12.3. The van der Waals surface area contributed by atoms with Crippen molar-refractivity contribution in [3.05, 3.63) is 35.0 Å². The molecule has 2 aromatic rings. The standard InChI is InChI=1S/C14H19N5OS/c1-3-6-17-14-19-12(15)11(21-14)13(20)18-9(2)10-4-7-16-8-5-10/h4-5,7-9H,3,6,15H2,1-2H3,(H,17,19)(H,18,20). The van der Waals surface area contributed by atoms with Gasteiger partial charge in [0, 0.05) is 18.9 Å². The highest BCUT2D eigenvalue weighted by Gasteiger charge is 2.18. The van der Waals surface area contributed by atoms with Crippen LogP contribution < -0.4 is 16.4 Å². The van der Waals surface area contributed by atoms with Gasteiger partial charge in [0.2, 0.25) is 0 Å². The van der Waals surface area contributed by atoms with Crippen LogP contribution in [0.3, 0.4) is 0 Å². The predicted octanol–water partition coefficient (Wildman–Crippen LogP) is 2.43. The highest BCUT2D eigenvalue weighted by molar-refractivity contribution is 7.18. The zero-order valence-electron chi connectivity index (χ0n) is 12.1. The fraction of sp³-hybridized carbons (Fsp3) is 0.357. The van der Waals surface area contributed by atoms with Crippen molar-refractivity contribution in [2.75, 3.05) is 17.6 Å². The normalized spacial score (nSPS) is 11.9. The number of rotatable bonds is 6. The van der Waals surface area contributed by atoms with Crippen molar-refractivity contribution >= 4 is 28.2 Å². The first kappa shape index (κ1) is 15.2. The SMILES string of the molecule is CCCNc1nc(N)c(C(=O)NC(C)c2ccncc2)s1. The van der Waals surface area contributed by atoms with Gasteiger partial charge in [-0.1, -0.05) is 18.3 Å². The molecular weight excluding hydrogens is 286 g/mol. The highest BCUT2D eigenvalue weighted by Crippen LogP contribution is 2.25. The lowest BCUT2D eigenvalue weighted by Crippen LogP contribution is -2.26. The van der Waals surface area contributed by atoms with Gasteiger partial charge in [-0.3, -0.25) is 9.78 Å². The van der Waals surface area contributed by atoms with Crippen molar-refractivity contribution in [3.63, 3.8) is 0 Å². The topological polar surface area (TPSA) is 92.9 Å².